The van der Waals surface area contributed by atoms with E-state index in [1.54, 1.807) is 0 Å². The van der Waals surface area contributed by atoms with Crippen LogP contribution in [0.5, 0.6) is 0 Å². The molecule has 2 aromatic rings. The van der Waals surface area contributed by atoms with Crippen LogP contribution in [0.25, 0.3) is 10.9 Å². The molecule has 1 aliphatic heterocycles. The smallest absolute Gasteiger partial charge is 0.303 e. The molecule has 2 heterocycles. The van der Waals surface area contributed by atoms with Gasteiger partial charge in [-0.05, 0) is 43.2 Å². The lowest BCUT2D eigenvalue weighted by molar-refractivity contribution is -0.140. The second-order valence-electron chi connectivity index (χ2n) is 6.49. The number of aryl methyl sites for hydroxylation is 1. The van der Waals surface area contributed by atoms with E-state index in [9.17, 15) is 9.59 Å². The van der Waals surface area contributed by atoms with E-state index in [-0.39, 0.29) is 18.4 Å². The number of rotatable bonds is 6. The minimum atomic E-state index is -0.785. The van der Waals surface area contributed by atoms with E-state index in [1.807, 2.05) is 23.2 Å². The van der Waals surface area contributed by atoms with Crippen LogP contribution in [0.1, 0.15) is 38.5 Å². The molecule has 5 nitrogen and oxygen atoms in total. The average Bonchev–Trinajstić information content (AvgIpc) is 3.01. The summed E-state index contributed by atoms with van der Waals surface area (Å²) in [6.45, 7) is 1.42. The summed E-state index contributed by atoms with van der Waals surface area (Å²) >= 11 is 0. The molecule has 128 valence electrons. The van der Waals surface area contributed by atoms with Crippen molar-refractivity contribution in [2.24, 2.45) is 0 Å². The Hall–Kier alpha value is -2.30. The van der Waals surface area contributed by atoms with Gasteiger partial charge in [-0.3, -0.25) is 9.59 Å². The van der Waals surface area contributed by atoms with E-state index in [0.29, 0.717) is 19.4 Å². The third kappa shape index (κ3) is 3.78. The number of aliphatic carboxylic acids is 1. The molecule has 0 radical (unpaired) electrons. The molecule has 1 atom stereocenters. The molecule has 1 aromatic heterocycles. The first kappa shape index (κ1) is 16.6. The number of amides is 1. The molecule has 1 aliphatic rings. The minimum absolute atomic E-state index is 0.0868. The SMILES string of the molecule is O=C(O)CCC1CCCCN1C(=O)CCn1ccc2ccccc21. The van der Waals surface area contributed by atoms with E-state index in [0.717, 1.165) is 31.3 Å². The van der Waals surface area contributed by atoms with Gasteiger partial charge in [-0.25, -0.2) is 0 Å². The Kier molecular flexibility index (Phi) is 5.18. The Bertz CT molecular complexity index is 722. The van der Waals surface area contributed by atoms with Crippen LogP contribution in [0.2, 0.25) is 0 Å². The molecule has 0 aliphatic carbocycles. The van der Waals surface area contributed by atoms with Gasteiger partial charge in [0.2, 0.25) is 5.91 Å². The lowest BCUT2D eigenvalue weighted by Crippen LogP contribution is -2.44. The highest BCUT2D eigenvalue weighted by Gasteiger charge is 2.26. The third-order valence-corrected chi connectivity index (χ3v) is 4.89. The molecular weight excluding hydrogens is 304 g/mol. The van der Waals surface area contributed by atoms with Gasteiger partial charge < -0.3 is 14.6 Å². The van der Waals surface area contributed by atoms with Crippen molar-refractivity contribution in [2.45, 2.75) is 51.1 Å². The van der Waals surface area contributed by atoms with Crippen molar-refractivity contribution >= 4 is 22.8 Å². The highest BCUT2D eigenvalue weighted by molar-refractivity contribution is 5.80. The summed E-state index contributed by atoms with van der Waals surface area (Å²) in [5, 5.41) is 10.1. The number of carboxylic acids is 1. The monoisotopic (exact) mass is 328 g/mol. The zero-order valence-corrected chi connectivity index (χ0v) is 13.9. The van der Waals surface area contributed by atoms with Crippen molar-refractivity contribution in [3.05, 3.63) is 36.5 Å². The molecule has 1 fully saturated rings. The first-order valence-corrected chi connectivity index (χ1v) is 8.70. The molecular formula is C19H24N2O3. The Morgan fingerprint density at radius 2 is 1.96 bits per heavy atom. The highest BCUT2D eigenvalue weighted by atomic mass is 16.4. The van der Waals surface area contributed by atoms with Crippen molar-refractivity contribution in [3.63, 3.8) is 0 Å². The lowest BCUT2D eigenvalue weighted by Gasteiger charge is -2.36. The van der Waals surface area contributed by atoms with Crippen molar-refractivity contribution in [2.75, 3.05) is 6.54 Å². The van der Waals surface area contributed by atoms with E-state index in [2.05, 4.69) is 22.8 Å². The maximum Gasteiger partial charge on any atom is 0.303 e. The van der Waals surface area contributed by atoms with Crippen LogP contribution in [0.4, 0.5) is 0 Å². The van der Waals surface area contributed by atoms with Crippen LogP contribution in [0.3, 0.4) is 0 Å². The molecule has 1 saturated heterocycles. The Labute approximate surface area is 141 Å². The highest BCUT2D eigenvalue weighted by Crippen LogP contribution is 2.22. The standard InChI is InChI=1S/C19H24N2O3/c22-18(21-12-4-3-6-16(21)8-9-19(23)24)11-14-20-13-10-15-5-1-2-7-17(15)20/h1-2,5,7,10,13,16H,3-4,6,8-9,11-12,14H2,(H,23,24). The molecule has 0 spiro atoms. The molecule has 5 heteroatoms. The molecule has 1 aromatic carbocycles. The summed E-state index contributed by atoms with van der Waals surface area (Å²) in [7, 11) is 0. The molecule has 24 heavy (non-hydrogen) atoms. The Morgan fingerprint density at radius 3 is 2.79 bits per heavy atom. The quantitative estimate of drug-likeness (QED) is 0.885. The topological polar surface area (TPSA) is 62.5 Å². The van der Waals surface area contributed by atoms with Crippen LogP contribution >= 0.6 is 0 Å². The van der Waals surface area contributed by atoms with Crippen LogP contribution in [-0.4, -0.2) is 39.0 Å². The number of carbonyl (C=O) groups excluding carboxylic acids is 1. The van der Waals surface area contributed by atoms with E-state index in [1.165, 1.54) is 5.39 Å². The van der Waals surface area contributed by atoms with Crippen LogP contribution in [-0.2, 0) is 16.1 Å². The third-order valence-electron chi connectivity index (χ3n) is 4.89. The van der Waals surface area contributed by atoms with Gasteiger partial charge in [0.25, 0.3) is 0 Å². The number of fused-ring (bicyclic) bond motifs is 1. The molecule has 1 N–H and O–H groups in total. The van der Waals surface area contributed by atoms with Crippen molar-refractivity contribution in [3.8, 4) is 0 Å². The number of carbonyl (C=O) groups is 2. The van der Waals surface area contributed by atoms with E-state index < -0.39 is 5.97 Å². The lowest BCUT2D eigenvalue weighted by atomic mass is 9.97. The van der Waals surface area contributed by atoms with Crippen molar-refractivity contribution in [1.82, 2.24) is 9.47 Å². The molecule has 3 rings (SSSR count). The number of para-hydroxylation sites is 1. The number of hydrogen-bond donors (Lipinski definition) is 1. The van der Waals surface area contributed by atoms with Gasteiger partial charge in [0.15, 0.2) is 0 Å². The zero-order valence-electron chi connectivity index (χ0n) is 13.9. The normalized spacial score (nSPS) is 18.0. The predicted molar refractivity (Wildman–Crippen MR) is 92.8 cm³/mol. The largest absolute Gasteiger partial charge is 0.481 e. The number of piperidine rings is 1. The number of carboxylic acid groups (broad SMARTS) is 1. The van der Waals surface area contributed by atoms with Gasteiger partial charge >= 0.3 is 5.97 Å². The van der Waals surface area contributed by atoms with Gasteiger partial charge in [0, 0.05) is 43.7 Å². The summed E-state index contributed by atoms with van der Waals surface area (Å²) < 4.78 is 2.11. The van der Waals surface area contributed by atoms with Crippen LogP contribution in [0.15, 0.2) is 36.5 Å². The van der Waals surface area contributed by atoms with Gasteiger partial charge in [-0.15, -0.1) is 0 Å². The van der Waals surface area contributed by atoms with Gasteiger partial charge in [-0.2, -0.15) is 0 Å². The number of nitrogens with zero attached hydrogens (tertiary/aromatic N) is 2. The first-order valence-electron chi connectivity index (χ1n) is 8.70. The second-order valence-corrected chi connectivity index (χ2v) is 6.49. The van der Waals surface area contributed by atoms with E-state index >= 15 is 0 Å². The van der Waals surface area contributed by atoms with Gasteiger partial charge in [0.1, 0.15) is 0 Å². The summed E-state index contributed by atoms with van der Waals surface area (Å²) in [6, 6.07) is 10.3. The minimum Gasteiger partial charge on any atom is -0.481 e. The maximum absolute atomic E-state index is 12.6. The molecule has 0 bridgehead atoms. The number of aromatic nitrogens is 1. The number of benzene rings is 1. The molecule has 1 amide bonds. The number of hydrogen-bond acceptors (Lipinski definition) is 2. The maximum atomic E-state index is 12.6. The predicted octanol–water partition coefficient (Wildman–Crippen LogP) is 3.28. The summed E-state index contributed by atoms with van der Waals surface area (Å²) in [4.78, 5) is 25.4. The summed E-state index contributed by atoms with van der Waals surface area (Å²) in [5.41, 5.74) is 1.14. The fourth-order valence-electron chi connectivity index (χ4n) is 3.61. The van der Waals surface area contributed by atoms with Crippen LogP contribution < -0.4 is 0 Å². The fourth-order valence-corrected chi connectivity index (χ4v) is 3.61. The fraction of sp³-hybridized carbons (Fsp3) is 0.474. The zero-order chi connectivity index (χ0) is 16.9. The van der Waals surface area contributed by atoms with Crippen LogP contribution in [0, 0.1) is 0 Å². The second kappa shape index (κ2) is 7.51. The Morgan fingerprint density at radius 1 is 1.12 bits per heavy atom. The van der Waals surface area contributed by atoms with Gasteiger partial charge in [-0.1, -0.05) is 18.2 Å². The Balaban J connectivity index is 1.61. The van der Waals surface area contributed by atoms with Gasteiger partial charge in [0.05, 0.1) is 0 Å². The first-order chi connectivity index (χ1) is 11.6. The summed E-state index contributed by atoms with van der Waals surface area (Å²) in [6.07, 6.45) is 6.20. The molecule has 1 unspecified atom stereocenters. The number of likely N-dealkylation sites (tertiary alicyclic amines) is 1. The summed E-state index contributed by atoms with van der Waals surface area (Å²) in [5.74, 6) is -0.644. The van der Waals surface area contributed by atoms with Crippen molar-refractivity contribution < 1.29 is 14.7 Å². The average molecular weight is 328 g/mol. The van der Waals surface area contributed by atoms with E-state index in [4.69, 9.17) is 5.11 Å². The molecule has 0 saturated carbocycles. The van der Waals surface area contributed by atoms with Crippen molar-refractivity contribution in [1.29, 1.82) is 0 Å².